The van der Waals surface area contributed by atoms with Crippen LogP contribution >= 0.6 is 0 Å². The first kappa shape index (κ1) is 40.8. The van der Waals surface area contributed by atoms with E-state index in [0.29, 0.717) is 18.8 Å². The van der Waals surface area contributed by atoms with E-state index in [9.17, 15) is 24.0 Å². The maximum atomic E-state index is 13.6. The molecule has 0 aromatic heterocycles. The first-order valence-corrected chi connectivity index (χ1v) is 18.0. The van der Waals surface area contributed by atoms with Gasteiger partial charge in [0.25, 0.3) is 0 Å². The molecule has 0 fully saturated rings. The lowest BCUT2D eigenvalue weighted by atomic mass is 10.0. The summed E-state index contributed by atoms with van der Waals surface area (Å²) in [6.07, 6.45) is 0.701. The monoisotopic (exact) mass is 735 g/mol. The fraction of sp³-hybridized carbons (Fsp3) is 0.310. The summed E-state index contributed by atoms with van der Waals surface area (Å²) < 4.78 is 11.3. The minimum atomic E-state index is -1.06. The van der Waals surface area contributed by atoms with Gasteiger partial charge in [0, 0.05) is 6.42 Å². The predicted molar refractivity (Wildman–Crippen MR) is 205 cm³/mol. The summed E-state index contributed by atoms with van der Waals surface area (Å²) in [6.45, 7) is 3.49. The van der Waals surface area contributed by atoms with E-state index in [2.05, 4.69) is 21.3 Å². The van der Waals surface area contributed by atoms with Crippen molar-refractivity contribution < 1.29 is 33.4 Å². The van der Waals surface area contributed by atoms with Crippen LogP contribution in [0.3, 0.4) is 0 Å². The van der Waals surface area contributed by atoms with Gasteiger partial charge in [0.15, 0.2) is 0 Å². The zero-order valence-electron chi connectivity index (χ0n) is 30.7. The molecule has 12 heteroatoms. The zero-order valence-corrected chi connectivity index (χ0v) is 30.7. The van der Waals surface area contributed by atoms with Gasteiger partial charge < -0.3 is 36.5 Å². The fourth-order valence-corrected chi connectivity index (χ4v) is 5.44. The van der Waals surface area contributed by atoms with Crippen LogP contribution in [-0.4, -0.2) is 60.8 Å². The third-order valence-corrected chi connectivity index (χ3v) is 8.30. The number of benzene rings is 4. The minimum absolute atomic E-state index is 0.0555. The molecule has 0 bridgehead atoms. The lowest BCUT2D eigenvalue weighted by Crippen LogP contribution is -2.54. The molecule has 0 aliphatic heterocycles. The number of hydrogen-bond acceptors (Lipinski definition) is 8. The van der Waals surface area contributed by atoms with E-state index >= 15 is 0 Å². The molecule has 12 nitrogen and oxygen atoms in total. The van der Waals surface area contributed by atoms with E-state index in [0.717, 1.165) is 22.3 Å². The molecular formula is C42H49N5O7. The average molecular weight is 736 g/mol. The Morgan fingerprint density at radius 3 is 1.70 bits per heavy atom. The van der Waals surface area contributed by atoms with E-state index < -0.39 is 60.8 Å². The molecule has 0 unspecified atom stereocenters. The van der Waals surface area contributed by atoms with Gasteiger partial charge in [-0.2, -0.15) is 0 Å². The lowest BCUT2D eigenvalue weighted by molar-refractivity contribution is -0.149. The molecule has 0 radical (unpaired) electrons. The Bertz CT molecular complexity index is 1790. The Hall–Kier alpha value is -6.01. The SMILES string of the molecule is CC(C)C[C@H](NC(=O)[C@H](Cc1ccccc1)NC(=O)CNC(=O)CNC(=O)[C@@H](N)Cc1ccc(OCc2ccccc2)cc1)C(=O)OCc1ccccc1. The summed E-state index contributed by atoms with van der Waals surface area (Å²) in [5.41, 5.74) is 9.55. The van der Waals surface area contributed by atoms with Crippen LogP contribution in [0.25, 0.3) is 0 Å². The van der Waals surface area contributed by atoms with Crippen LogP contribution in [0.1, 0.15) is 42.5 Å². The molecule has 0 spiro atoms. The van der Waals surface area contributed by atoms with Crippen molar-refractivity contribution in [1.82, 2.24) is 21.3 Å². The third kappa shape index (κ3) is 14.5. The van der Waals surface area contributed by atoms with Crippen LogP contribution < -0.4 is 31.7 Å². The highest BCUT2D eigenvalue weighted by Gasteiger charge is 2.29. The number of carbonyl (C=O) groups excluding carboxylic acids is 5. The number of amides is 4. The summed E-state index contributed by atoms with van der Waals surface area (Å²) in [5, 5.41) is 10.4. The van der Waals surface area contributed by atoms with Crippen molar-refractivity contribution in [2.75, 3.05) is 13.1 Å². The number of nitrogens with one attached hydrogen (secondary N) is 4. The summed E-state index contributed by atoms with van der Waals surface area (Å²) in [6, 6.07) is 32.4. The van der Waals surface area contributed by atoms with E-state index in [1.54, 1.807) is 12.1 Å². The van der Waals surface area contributed by atoms with Crippen molar-refractivity contribution in [3.63, 3.8) is 0 Å². The molecule has 4 aromatic rings. The molecule has 284 valence electrons. The van der Waals surface area contributed by atoms with Gasteiger partial charge >= 0.3 is 5.97 Å². The zero-order chi connectivity index (χ0) is 38.7. The molecule has 4 rings (SSSR count). The highest BCUT2D eigenvalue weighted by Crippen LogP contribution is 2.15. The molecule has 0 saturated carbocycles. The summed E-state index contributed by atoms with van der Waals surface area (Å²) in [4.78, 5) is 64.8. The van der Waals surface area contributed by atoms with E-state index in [1.807, 2.05) is 117 Å². The Labute approximate surface area is 316 Å². The third-order valence-electron chi connectivity index (χ3n) is 8.30. The van der Waals surface area contributed by atoms with Gasteiger partial charge in [-0.3, -0.25) is 19.2 Å². The van der Waals surface area contributed by atoms with E-state index in [-0.39, 0.29) is 25.4 Å². The summed E-state index contributed by atoms with van der Waals surface area (Å²) in [7, 11) is 0. The molecule has 3 atom stereocenters. The first-order chi connectivity index (χ1) is 26.0. The maximum Gasteiger partial charge on any atom is 0.328 e. The van der Waals surface area contributed by atoms with Gasteiger partial charge in [0.2, 0.25) is 23.6 Å². The summed E-state index contributed by atoms with van der Waals surface area (Å²) >= 11 is 0. The maximum absolute atomic E-state index is 13.6. The topological polar surface area (TPSA) is 178 Å². The predicted octanol–water partition coefficient (Wildman–Crippen LogP) is 3.37. The van der Waals surface area contributed by atoms with Crippen LogP contribution in [0.5, 0.6) is 5.75 Å². The van der Waals surface area contributed by atoms with E-state index in [4.69, 9.17) is 15.2 Å². The molecule has 0 aliphatic carbocycles. The van der Waals surface area contributed by atoms with Crippen LogP contribution in [0.2, 0.25) is 0 Å². The van der Waals surface area contributed by atoms with Gasteiger partial charge in [0.1, 0.15) is 31.0 Å². The quantitative estimate of drug-likeness (QED) is 0.0859. The highest BCUT2D eigenvalue weighted by molar-refractivity contribution is 5.93. The van der Waals surface area contributed by atoms with Crippen LogP contribution in [0.15, 0.2) is 115 Å². The van der Waals surface area contributed by atoms with Crippen molar-refractivity contribution in [1.29, 1.82) is 0 Å². The van der Waals surface area contributed by atoms with Gasteiger partial charge in [-0.1, -0.05) is 117 Å². The number of rotatable bonds is 20. The summed E-state index contributed by atoms with van der Waals surface area (Å²) in [5.74, 6) is -2.19. The minimum Gasteiger partial charge on any atom is -0.489 e. The molecule has 54 heavy (non-hydrogen) atoms. The highest BCUT2D eigenvalue weighted by atomic mass is 16.5. The van der Waals surface area contributed by atoms with Crippen molar-refractivity contribution in [2.24, 2.45) is 11.7 Å². The Kier molecular flexibility index (Phi) is 16.2. The van der Waals surface area contributed by atoms with Gasteiger partial charge in [-0.15, -0.1) is 0 Å². The molecular weight excluding hydrogens is 686 g/mol. The standard InChI is InChI=1S/C42H49N5O7/c1-29(2)22-37(42(52)54-28-33-16-10-5-11-17-33)47-41(51)36(24-30-12-6-3-7-13-30)46-39(49)26-44-38(48)25-45-40(50)35(43)23-31-18-20-34(21-19-31)53-27-32-14-8-4-9-15-32/h3-21,29,35-37H,22-28,43H2,1-2H3,(H,44,48)(H,45,50)(H,46,49)(H,47,51)/t35-,36-,37-/m0/s1. The number of carbonyl (C=O) groups is 5. The average Bonchev–Trinajstić information content (AvgIpc) is 3.18. The normalized spacial score (nSPS) is 12.4. The molecule has 4 amide bonds. The van der Waals surface area contributed by atoms with Crippen molar-refractivity contribution in [3.8, 4) is 5.75 Å². The second kappa shape index (κ2) is 21.5. The van der Waals surface area contributed by atoms with Gasteiger partial charge in [0.05, 0.1) is 19.1 Å². The number of nitrogens with two attached hydrogens (primary N) is 1. The molecule has 4 aromatic carbocycles. The first-order valence-electron chi connectivity index (χ1n) is 18.0. The van der Waals surface area contributed by atoms with Crippen molar-refractivity contribution >= 4 is 29.6 Å². The molecule has 0 heterocycles. The Balaban J connectivity index is 1.24. The Morgan fingerprint density at radius 1 is 0.574 bits per heavy atom. The van der Waals surface area contributed by atoms with Crippen molar-refractivity contribution in [2.45, 2.75) is 64.4 Å². The van der Waals surface area contributed by atoms with E-state index in [1.165, 1.54) is 0 Å². The molecule has 0 saturated heterocycles. The number of hydrogen-bond donors (Lipinski definition) is 5. The lowest BCUT2D eigenvalue weighted by Gasteiger charge is -2.24. The van der Waals surface area contributed by atoms with Gasteiger partial charge in [-0.05, 0) is 53.1 Å². The van der Waals surface area contributed by atoms with Gasteiger partial charge in [-0.25, -0.2) is 4.79 Å². The van der Waals surface area contributed by atoms with Crippen LogP contribution in [-0.2, 0) is 54.8 Å². The second-order valence-corrected chi connectivity index (χ2v) is 13.3. The second-order valence-electron chi connectivity index (χ2n) is 13.3. The largest absolute Gasteiger partial charge is 0.489 e. The number of ether oxygens (including phenoxy) is 2. The molecule has 6 N–H and O–H groups in total. The van der Waals surface area contributed by atoms with Crippen LogP contribution in [0, 0.1) is 5.92 Å². The molecule has 0 aliphatic rings. The smallest absolute Gasteiger partial charge is 0.328 e. The number of esters is 1. The fourth-order valence-electron chi connectivity index (χ4n) is 5.44. The van der Waals surface area contributed by atoms with Crippen molar-refractivity contribution in [3.05, 3.63) is 138 Å². The Morgan fingerprint density at radius 2 is 1.11 bits per heavy atom. The van der Waals surface area contributed by atoms with Crippen LogP contribution in [0.4, 0.5) is 0 Å².